The lowest BCUT2D eigenvalue weighted by atomic mass is 10.0. The second-order valence-corrected chi connectivity index (χ2v) is 6.46. The number of carbonyl (C=O) groups excluding carboxylic acids is 1. The highest BCUT2D eigenvalue weighted by Crippen LogP contribution is 2.18. The molecule has 1 aromatic carbocycles. The highest BCUT2D eigenvalue weighted by molar-refractivity contribution is 5.60. The van der Waals surface area contributed by atoms with Gasteiger partial charge in [0, 0.05) is 12.6 Å². The van der Waals surface area contributed by atoms with Crippen molar-refractivity contribution in [3.05, 3.63) is 35.6 Å². The van der Waals surface area contributed by atoms with Crippen LogP contribution < -0.4 is 5.32 Å². The summed E-state index contributed by atoms with van der Waals surface area (Å²) in [4.78, 5) is 11.6. The Morgan fingerprint density at radius 2 is 2.00 bits per heavy atom. The monoisotopic (exact) mass is 311 g/mol. The maximum atomic E-state index is 12.9. The number of aliphatic hydroxyl groups excluding tert-OH is 1. The molecule has 5 nitrogen and oxygen atoms in total. The minimum absolute atomic E-state index is 0.252. The maximum absolute atomic E-state index is 12.9. The van der Waals surface area contributed by atoms with Gasteiger partial charge in [-0.2, -0.15) is 0 Å². The van der Waals surface area contributed by atoms with Crippen molar-refractivity contribution < 1.29 is 23.8 Å². The molecule has 1 aromatic rings. The third-order valence-electron chi connectivity index (χ3n) is 3.38. The standard InChI is InChI=1S/C16H22FNO4/c1-16(2,3)22-15(20)21-13-9-18-12(14(13)19)8-10-4-6-11(17)7-5-10/h4-7,12-14,18-19H,8-9H2,1-3H3/t12-,13+,14+/m1/s1. The fraction of sp³-hybridized carbons (Fsp3) is 0.562. The van der Waals surface area contributed by atoms with Gasteiger partial charge in [-0.3, -0.25) is 0 Å². The van der Waals surface area contributed by atoms with Crippen molar-refractivity contribution in [3.63, 3.8) is 0 Å². The fourth-order valence-corrected chi connectivity index (χ4v) is 2.34. The summed E-state index contributed by atoms with van der Waals surface area (Å²) < 4.78 is 23.1. The van der Waals surface area contributed by atoms with Gasteiger partial charge in [-0.15, -0.1) is 0 Å². The molecule has 1 heterocycles. The largest absolute Gasteiger partial charge is 0.509 e. The Morgan fingerprint density at radius 1 is 1.36 bits per heavy atom. The van der Waals surface area contributed by atoms with Crippen molar-refractivity contribution in [1.82, 2.24) is 5.32 Å². The van der Waals surface area contributed by atoms with Crippen LogP contribution in [0.25, 0.3) is 0 Å². The van der Waals surface area contributed by atoms with Gasteiger partial charge >= 0.3 is 6.16 Å². The summed E-state index contributed by atoms with van der Waals surface area (Å²) in [6, 6.07) is 5.85. The molecular formula is C16H22FNO4. The molecule has 0 bridgehead atoms. The van der Waals surface area contributed by atoms with Crippen molar-refractivity contribution in [2.24, 2.45) is 0 Å². The molecule has 0 aliphatic carbocycles. The lowest BCUT2D eigenvalue weighted by Crippen LogP contribution is -2.37. The van der Waals surface area contributed by atoms with E-state index < -0.39 is 24.0 Å². The number of rotatable bonds is 3. The molecule has 1 fully saturated rings. The smallest absolute Gasteiger partial charge is 0.429 e. The molecule has 0 spiro atoms. The predicted octanol–water partition coefficient (Wildman–Crippen LogP) is 2.02. The van der Waals surface area contributed by atoms with Gasteiger partial charge in [-0.1, -0.05) is 12.1 Å². The van der Waals surface area contributed by atoms with E-state index in [4.69, 9.17) is 9.47 Å². The molecule has 0 aromatic heterocycles. The van der Waals surface area contributed by atoms with Gasteiger partial charge in [0.2, 0.25) is 0 Å². The zero-order chi connectivity index (χ0) is 16.3. The average molecular weight is 311 g/mol. The Balaban J connectivity index is 1.88. The first-order valence-corrected chi connectivity index (χ1v) is 7.30. The molecule has 0 radical (unpaired) electrons. The Kier molecular flexibility index (Phi) is 5.03. The summed E-state index contributed by atoms with van der Waals surface area (Å²) >= 11 is 0. The molecular weight excluding hydrogens is 289 g/mol. The van der Waals surface area contributed by atoms with Gasteiger partial charge in [0.15, 0.2) is 0 Å². The van der Waals surface area contributed by atoms with Gasteiger partial charge in [-0.25, -0.2) is 9.18 Å². The molecule has 122 valence electrons. The second kappa shape index (κ2) is 6.62. The highest BCUT2D eigenvalue weighted by atomic mass is 19.1. The van der Waals surface area contributed by atoms with Crippen LogP contribution in [0.2, 0.25) is 0 Å². The molecule has 0 saturated carbocycles. The maximum Gasteiger partial charge on any atom is 0.509 e. The third kappa shape index (κ3) is 4.68. The van der Waals surface area contributed by atoms with Gasteiger partial charge in [0.1, 0.15) is 23.6 Å². The number of hydrogen-bond donors (Lipinski definition) is 2. The van der Waals surface area contributed by atoms with E-state index in [9.17, 15) is 14.3 Å². The van der Waals surface area contributed by atoms with Crippen LogP contribution in [0, 0.1) is 5.82 Å². The summed E-state index contributed by atoms with van der Waals surface area (Å²) in [5.41, 5.74) is 0.262. The molecule has 0 amide bonds. The fourth-order valence-electron chi connectivity index (χ4n) is 2.34. The van der Waals surface area contributed by atoms with E-state index in [0.29, 0.717) is 13.0 Å². The van der Waals surface area contributed by atoms with E-state index in [1.807, 2.05) is 0 Å². The molecule has 3 atom stereocenters. The van der Waals surface area contributed by atoms with Crippen LogP contribution in [0.4, 0.5) is 9.18 Å². The molecule has 1 aliphatic rings. The van der Waals surface area contributed by atoms with E-state index >= 15 is 0 Å². The first-order chi connectivity index (χ1) is 10.2. The topological polar surface area (TPSA) is 67.8 Å². The molecule has 2 rings (SSSR count). The number of ether oxygens (including phenoxy) is 2. The summed E-state index contributed by atoms with van der Waals surface area (Å²) in [5, 5.41) is 13.4. The molecule has 22 heavy (non-hydrogen) atoms. The quantitative estimate of drug-likeness (QED) is 0.836. The Hall–Kier alpha value is -1.66. The first kappa shape index (κ1) is 16.7. The zero-order valence-electron chi connectivity index (χ0n) is 13.0. The SMILES string of the molecule is CC(C)(C)OC(=O)O[C@H]1CN[C@H](Cc2ccc(F)cc2)[C@@H]1O. The number of carbonyl (C=O) groups is 1. The van der Waals surface area contributed by atoms with Crippen LogP contribution in [-0.4, -0.2) is 41.7 Å². The number of benzene rings is 1. The van der Waals surface area contributed by atoms with Gasteiger partial charge in [0.25, 0.3) is 0 Å². The normalized spacial score (nSPS) is 25.0. The van der Waals surface area contributed by atoms with Gasteiger partial charge < -0.3 is 19.9 Å². The number of nitrogens with one attached hydrogen (secondary N) is 1. The summed E-state index contributed by atoms with van der Waals surface area (Å²) in [7, 11) is 0. The molecule has 0 unspecified atom stereocenters. The van der Waals surface area contributed by atoms with E-state index in [1.54, 1.807) is 32.9 Å². The van der Waals surface area contributed by atoms with Crippen molar-refractivity contribution in [1.29, 1.82) is 0 Å². The molecule has 1 aliphatic heterocycles. The van der Waals surface area contributed by atoms with Crippen LogP contribution in [0.1, 0.15) is 26.3 Å². The van der Waals surface area contributed by atoms with E-state index in [0.717, 1.165) is 5.56 Å². The van der Waals surface area contributed by atoms with Crippen molar-refractivity contribution in [2.75, 3.05) is 6.54 Å². The third-order valence-corrected chi connectivity index (χ3v) is 3.38. The van der Waals surface area contributed by atoms with Crippen molar-refractivity contribution >= 4 is 6.16 Å². The number of halogens is 1. The van der Waals surface area contributed by atoms with Crippen LogP contribution in [0.15, 0.2) is 24.3 Å². The van der Waals surface area contributed by atoms with E-state index in [-0.39, 0.29) is 11.9 Å². The average Bonchev–Trinajstić information content (AvgIpc) is 2.72. The first-order valence-electron chi connectivity index (χ1n) is 7.30. The van der Waals surface area contributed by atoms with Gasteiger partial charge in [0.05, 0.1) is 0 Å². The molecule has 6 heteroatoms. The number of hydrogen-bond acceptors (Lipinski definition) is 5. The minimum atomic E-state index is -0.836. The Bertz CT molecular complexity index is 512. The van der Waals surface area contributed by atoms with Gasteiger partial charge in [-0.05, 0) is 44.9 Å². The van der Waals surface area contributed by atoms with E-state index in [2.05, 4.69) is 5.32 Å². The Labute approximate surface area is 129 Å². The zero-order valence-corrected chi connectivity index (χ0v) is 13.0. The van der Waals surface area contributed by atoms with Crippen molar-refractivity contribution in [3.8, 4) is 0 Å². The predicted molar refractivity (Wildman–Crippen MR) is 79.0 cm³/mol. The number of aliphatic hydroxyl groups is 1. The second-order valence-electron chi connectivity index (χ2n) is 6.46. The van der Waals surface area contributed by atoms with E-state index in [1.165, 1.54) is 12.1 Å². The van der Waals surface area contributed by atoms with Crippen LogP contribution >= 0.6 is 0 Å². The highest BCUT2D eigenvalue weighted by Gasteiger charge is 2.37. The molecule has 2 N–H and O–H groups in total. The minimum Gasteiger partial charge on any atom is -0.429 e. The summed E-state index contributed by atoms with van der Waals surface area (Å²) in [6.07, 6.45) is -1.76. The van der Waals surface area contributed by atoms with Crippen LogP contribution in [0.3, 0.4) is 0 Å². The molecule has 1 saturated heterocycles. The van der Waals surface area contributed by atoms with Crippen molar-refractivity contribution in [2.45, 2.75) is 51.0 Å². The summed E-state index contributed by atoms with van der Waals surface area (Å²) in [5.74, 6) is -0.296. The lowest BCUT2D eigenvalue weighted by Gasteiger charge is -2.22. The Morgan fingerprint density at radius 3 is 2.59 bits per heavy atom. The van der Waals surface area contributed by atoms with Crippen LogP contribution in [-0.2, 0) is 15.9 Å². The summed E-state index contributed by atoms with van der Waals surface area (Å²) in [6.45, 7) is 5.59. The van der Waals surface area contributed by atoms with Crippen LogP contribution in [0.5, 0.6) is 0 Å². The lowest BCUT2D eigenvalue weighted by molar-refractivity contribution is -0.0486.